The first-order chi connectivity index (χ1) is 14.4. The first kappa shape index (κ1) is 21.0. The van der Waals surface area contributed by atoms with Crippen molar-refractivity contribution in [2.24, 2.45) is 5.92 Å². The molecule has 8 heteroatoms. The number of methoxy groups -OCH3 is 1. The smallest absolute Gasteiger partial charge is 0.280 e. The Balaban J connectivity index is 1.79. The van der Waals surface area contributed by atoms with Crippen LogP contribution >= 0.6 is 0 Å². The Bertz CT molecular complexity index is 1140. The lowest BCUT2D eigenvalue weighted by molar-refractivity contribution is 0.0933. The maximum atomic E-state index is 12.9. The van der Waals surface area contributed by atoms with Crippen molar-refractivity contribution in [3.63, 3.8) is 0 Å². The van der Waals surface area contributed by atoms with Crippen LogP contribution in [0.1, 0.15) is 28.4 Å². The van der Waals surface area contributed by atoms with E-state index in [2.05, 4.69) is 21.5 Å². The predicted molar refractivity (Wildman–Crippen MR) is 112 cm³/mol. The molecule has 0 saturated heterocycles. The van der Waals surface area contributed by atoms with E-state index < -0.39 is 0 Å². The summed E-state index contributed by atoms with van der Waals surface area (Å²) >= 11 is 0. The van der Waals surface area contributed by atoms with Gasteiger partial charge in [0.1, 0.15) is 0 Å². The van der Waals surface area contributed by atoms with Crippen molar-refractivity contribution in [3.8, 4) is 23.0 Å². The van der Waals surface area contributed by atoms with Crippen molar-refractivity contribution in [1.29, 1.82) is 5.26 Å². The number of H-pyrrole nitrogens is 1. The highest BCUT2D eigenvalue weighted by Crippen LogP contribution is 2.21. The minimum absolute atomic E-state index is 0.202. The van der Waals surface area contributed by atoms with Gasteiger partial charge in [-0.3, -0.25) is 14.7 Å². The first-order valence-electron chi connectivity index (χ1n) is 9.49. The van der Waals surface area contributed by atoms with Gasteiger partial charge in [-0.1, -0.05) is 13.0 Å². The minimum atomic E-state index is -0.263. The molecule has 30 heavy (non-hydrogen) atoms. The Kier molecular flexibility index (Phi) is 6.45. The van der Waals surface area contributed by atoms with Gasteiger partial charge in [-0.05, 0) is 48.2 Å². The molecular weight excluding hydrogens is 382 g/mol. The van der Waals surface area contributed by atoms with Crippen molar-refractivity contribution in [2.75, 3.05) is 20.3 Å². The van der Waals surface area contributed by atoms with Gasteiger partial charge in [-0.15, -0.1) is 0 Å². The van der Waals surface area contributed by atoms with Crippen LogP contribution in [-0.2, 0) is 4.74 Å². The molecule has 0 saturated carbocycles. The number of aryl methyl sites for hydroxylation is 1. The van der Waals surface area contributed by atoms with Crippen molar-refractivity contribution in [2.45, 2.75) is 13.8 Å². The van der Waals surface area contributed by atoms with Crippen LogP contribution in [0.2, 0.25) is 0 Å². The third-order valence-electron chi connectivity index (χ3n) is 4.72. The van der Waals surface area contributed by atoms with E-state index in [1.54, 1.807) is 43.6 Å². The molecule has 3 aromatic rings. The number of nitrogens with zero attached hydrogens (tertiary/aromatic N) is 3. The van der Waals surface area contributed by atoms with Gasteiger partial charge in [0.2, 0.25) is 0 Å². The third kappa shape index (κ3) is 4.47. The Hall–Kier alpha value is -3.70. The van der Waals surface area contributed by atoms with Gasteiger partial charge < -0.3 is 10.1 Å². The monoisotopic (exact) mass is 405 g/mol. The number of hydrogen-bond donors (Lipinski definition) is 2. The first-order valence-corrected chi connectivity index (χ1v) is 9.49. The minimum Gasteiger partial charge on any atom is -0.384 e. The number of benzene rings is 1. The van der Waals surface area contributed by atoms with Crippen molar-refractivity contribution < 1.29 is 9.53 Å². The maximum Gasteiger partial charge on any atom is 0.280 e. The molecule has 1 amide bonds. The van der Waals surface area contributed by atoms with E-state index in [-0.39, 0.29) is 17.4 Å². The normalized spacial score (nSPS) is 11.7. The molecule has 3 rings (SSSR count). The molecule has 1 atom stereocenters. The number of pyridine rings is 1. The van der Waals surface area contributed by atoms with Gasteiger partial charge in [-0.25, -0.2) is 9.67 Å². The van der Waals surface area contributed by atoms with E-state index in [0.717, 1.165) is 11.1 Å². The van der Waals surface area contributed by atoms with Crippen LogP contribution in [-0.4, -0.2) is 40.9 Å². The number of aromatic nitrogens is 3. The Morgan fingerprint density at radius 3 is 2.77 bits per heavy atom. The van der Waals surface area contributed by atoms with Gasteiger partial charge in [-0.2, -0.15) is 5.26 Å². The summed E-state index contributed by atoms with van der Waals surface area (Å²) in [4.78, 5) is 29.4. The zero-order valence-corrected chi connectivity index (χ0v) is 17.1. The fourth-order valence-electron chi connectivity index (χ4n) is 3.13. The predicted octanol–water partition coefficient (Wildman–Crippen LogP) is 2.42. The van der Waals surface area contributed by atoms with Crippen molar-refractivity contribution in [3.05, 3.63) is 69.8 Å². The maximum absolute atomic E-state index is 12.9. The summed E-state index contributed by atoms with van der Waals surface area (Å²) in [6.07, 6.45) is 3.04. The van der Waals surface area contributed by atoms with Crippen LogP contribution in [0, 0.1) is 24.2 Å². The molecule has 0 aliphatic heterocycles. The average Bonchev–Trinajstić information content (AvgIpc) is 3.13. The number of carbonyl (C=O) groups is 1. The number of hydrogen-bond acceptors (Lipinski definition) is 5. The summed E-state index contributed by atoms with van der Waals surface area (Å²) in [7, 11) is 1.62. The van der Waals surface area contributed by atoms with Gasteiger partial charge in [0.25, 0.3) is 11.5 Å². The number of carbonyl (C=O) groups excluding carboxylic acids is 1. The second-order valence-corrected chi connectivity index (χ2v) is 7.14. The van der Waals surface area contributed by atoms with E-state index in [4.69, 9.17) is 10.00 Å². The summed E-state index contributed by atoms with van der Waals surface area (Å²) in [6, 6.07) is 10.5. The fourth-order valence-corrected chi connectivity index (χ4v) is 3.13. The van der Waals surface area contributed by atoms with Gasteiger partial charge in [0, 0.05) is 26.0 Å². The van der Waals surface area contributed by atoms with Crippen LogP contribution in [0.25, 0.3) is 16.9 Å². The SMILES string of the molecule is COCC(C)CNC(=O)c1ccc(-n2[nH]cc(-c3ccc(C#N)cc3C)c2=O)nc1. The molecule has 0 aliphatic carbocycles. The largest absolute Gasteiger partial charge is 0.384 e. The molecule has 2 heterocycles. The summed E-state index contributed by atoms with van der Waals surface area (Å²) in [5.41, 5.74) is 2.74. The van der Waals surface area contributed by atoms with E-state index >= 15 is 0 Å². The summed E-state index contributed by atoms with van der Waals surface area (Å²) < 4.78 is 6.37. The molecule has 0 bridgehead atoms. The van der Waals surface area contributed by atoms with Crippen molar-refractivity contribution in [1.82, 2.24) is 20.1 Å². The van der Waals surface area contributed by atoms with Gasteiger partial charge in [0.15, 0.2) is 5.82 Å². The molecule has 2 N–H and O–H groups in total. The highest BCUT2D eigenvalue weighted by molar-refractivity contribution is 5.93. The quantitative estimate of drug-likeness (QED) is 0.627. The molecule has 2 aromatic heterocycles. The second kappa shape index (κ2) is 9.20. The molecule has 0 fully saturated rings. The fraction of sp³-hybridized carbons (Fsp3) is 0.273. The van der Waals surface area contributed by atoms with E-state index in [9.17, 15) is 9.59 Å². The number of ether oxygens (including phenoxy) is 1. The Morgan fingerprint density at radius 1 is 1.33 bits per heavy atom. The topological polar surface area (TPSA) is 113 Å². The average molecular weight is 405 g/mol. The standard InChI is InChI=1S/C22H23N5O3/c1-14(13-30-3)10-25-21(28)17-5-7-20(24-11-17)27-22(29)19(12-26-27)18-6-4-16(9-23)8-15(18)2/h4-8,11-12,14,26H,10,13H2,1-3H3,(H,25,28). The molecule has 1 aromatic carbocycles. The number of nitrogens with one attached hydrogen (secondary N) is 2. The molecule has 0 radical (unpaired) electrons. The van der Waals surface area contributed by atoms with Crippen LogP contribution in [0.5, 0.6) is 0 Å². The molecular formula is C22H23N5O3. The zero-order valence-electron chi connectivity index (χ0n) is 17.1. The Morgan fingerprint density at radius 2 is 2.13 bits per heavy atom. The molecule has 1 unspecified atom stereocenters. The third-order valence-corrected chi connectivity index (χ3v) is 4.72. The van der Waals surface area contributed by atoms with Crippen molar-refractivity contribution >= 4 is 5.91 Å². The lowest BCUT2D eigenvalue weighted by atomic mass is 10.0. The lowest BCUT2D eigenvalue weighted by Gasteiger charge is -2.11. The molecule has 154 valence electrons. The van der Waals surface area contributed by atoms with Gasteiger partial charge in [0.05, 0.1) is 29.4 Å². The highest BCUT2D eigenvalue weighted by atomic mass is 16.5. The number of nitriles is 1. The van der Waals surface area contributed by atoms with Crippen LogP contribution in [0.15, 0.2) is 47.5 Å². The second-order valence-electron chi connectivity index (χ2n) is 7.14. The van der Waals surface area contributed by atoms with Crippen LogP contribution in [0.3, 0.4) is 0 Å². The van der Waals surface area contributed by atoms with E-state index in [1.165, 1.54) is 10.9 Å². The van der Waals surface area contributed by atoms with Gasteiger partial charge >= 0.3 is 0 Å². The number of rotatable bonds is 7. The highest BCUT2D eigenvalue weighted by Gasteiger charge is 2.14. The Labute approximate surface area is 174 Å². The summed E-state index contributed by atoms with van der Waals surface area (Å²) in [5.74, 6) is 0.347. The molecule has 8 nitrogen and oxygen atoms in total. The number of amides is 1. The van der Waals surface area contributed by atoms with E-state index in [1.807, 2.05) is 13.8 Å². The summed E-state index contributed by atoms with van der Waals surface area (Å²) in [6.45, 7) is 4.90. The zero-order chi connectivity index (χ0) is 21.7. The van der Waals surface area contributed by atoms with E-state index in [0.29, 0.717) is 35.7 Å². The molecule has 0 aliphatic rings. The summed E-state index contributed by atoms with van der Waals surface area (Å²) in [5, 5.41) is 14.8. The van der Waals surface area contributed by atoms with Crippen LogP contribution < -0.4 is 10.9 Å². The van der Waals surface area contributed by atoms with Crippen LogP contribution in [0.4, 0.5) is 0 Å². The number of aromatic amines is 1. The molecule has 0 spiro atoms. The lowest BCUT2D eigenvalue weighted by Crippen LogP contribution is -2.30.